The molecule has 0 amide bonds. The van der Waals surface area contributed by atoms with E-state index in [9.17, 15) is 25.2 Å². The van der Waals surface area contributed by atoms with Crippen molar-refractivity contribution < 1.29 is 30.0 Å². The molecule has 1 aromatic carbocycles. The van der Waals surface area contributed by atoms with Crippen LogP contribution >= 0.6 is 0 Å². The molecular formula is C16H20O6. The number of Topliss-reactive ketones (excluding diaryl/α,β-unsaturated/α-hetero) is 1. The first-order chi connectivity index (χ1) is 10.3. The molecule has 6 nitrogen and oxygen atoms in total. The standard InChI is InChI=1S/C16H20O6/c1-16(21)6-10-8(5-12(16)18)15(20)13-9(14(10)19)3-7(22-2)4-11(13)17/h3-4,8,10,12,14,17-19,21H,5-6H2,1-2H3/t8?,10?,12-,14+,16+/m1/s1. The largest absolute Gasteiger partial charge is 0.507 e. The molecule has 120 valence electrons. The van der Waals surface area contributed by atoms with Gasteiger partial charge in [-0.2, -0.15) is 0 Å². The van der Waals surface area contributed by atoms with Crippen molar-refractivity contribution in [1.82, 2.24) is 0 Å². The number of ketones is 1. The molecule has 5 atom stereocenters. The highest BCUT2D eigenvalue weighted by Gasteiger charge is 2.52. The fraction of sp³-hybridized carbons (Fsp3) is 0.562. The Balaban J connectivity index is 2.10. The molecule has 0 saturated heterocycles. The minimum absolute atomic E-state index is 0.0679. The third-order valence-electron chi connectivity index (χ3n) is 5.03. The maximum absolute atomic E-state index is 12.7. The van der Waals surface area contributed by atoms with E-state index < -0.39 is 29.6 Å². The summed E-state index contributed by atoms with van der Waals surface area (Å²) < 4.78 is 5.07. The van der Waals surface area contributed by atoms with Crippen molar-refractivity contribution in [3.05, 3.63) is 23.3 Å². The van der Waals surface area contributed by atoms with Gasteiger partial charge < -0.3 is 25.2 Å². The highest BCUT2D eigenvalue weighted by molar-refractivity contribution is 6.03. The summed E-state index contributed by atoms with van der Waals surface area (Å²) in [6.45, 7) is 1.50. The molecule has 1 saturated carbocycles. The minimum Gasteiger partial charge on any atom is -0.507 e. The molecule has 2 aliphatic rings. The SMILES string of the molecule is COc1cc(O)c2c(c1)[C@H](O)C1C[C@](C)(O)[C@H](O)CC1C2=O. The second-order valence-electron chi connectivity index (χ2n) is 6.50. The number of rotatable bonds is 1. The Morgan fingerprint density at radius 2 is 2.00 bits per heavy atom. The van der Waals surface area contributed by atoms with E-state index in [0.717, 1.165) is 0 Å². The molecule has 0 aromatic heterocycles. The summed E-state index contributed by atoms with van der Waals surface area (Å²) in [4.78, 5) is 12.7. The van der Waals surface area contributed by atoms with Crippen molar-refractivity contribution in [2.75, 3.05) is 7.11 Å². The lowest BCUT2D eigenvalue weighted by Crippen LogP contribution is -2.52. The van der Waals surface area contributed by atoms with Gasteiger partial charge in [-0.1, -0.05) is 0 Å². The highest BCUT2D eigenvalue weighted by atomic mass is 16.5. The topological polar surface area (TPSA) is 107 Å². The molecule has 4 N–H and O–H groups in total. The van der Waals surface area contributed by atoms with Crippen LogP contribution in [0.3, 0.4) is 0 Å². The summed E-state index contributed by atoms with van der Waals surface area (Å²) in [7, 11) is 1.43. The number of phenols is 1. The molecule has 3 rings (SSSR count). The van der Waals surface area contributed by atoms with Crippen molar-refractivity contribution in [3.8, 4) is 11.5 Å². The summed E-state index contributed by atoms with van der Waals surface area (Å²) in [6.07, 6.45) is -1.86. The molecular weight excluding hydrogens is 288 g/mol. The molecule has 2 aliphatic carbocycles. The van der Waals surface area contributed by atoms with Crippen LogP contribution in [-0.4, -0.2) is 45.0 Å². The van der Waals surface area contributed by atoms with Gasteiger partial charge in [-0.3, -0.25) is 4.79 Å². The Hall–Kier alpha value is -1.63. The zero-order valence-corrected chi connectivity index (χ0v) is 12.5. The van der Waals surface area contributed by atoms with Gasteiger partial charge in [-0.25, -0.2) is 0 Å². The van der Waals surface area contributed by atoms with Crippen LogP contribution in [0.5, 0.6) is 11.5 Å². The van der Waals surface area contributed by atoms with Crippen molar-refractivity contribution in [2.45, 2.75) is 37.6 Å². The van der Waals surface area contributed by atoms with E-state index in [-0.39, 0.29) is 29.9 Å². The normalized spacial score (nSPS) is 37.4. The predicted molar refractivity (Wildman–Crippen MR) is 76.8 cm³/mol. The van der Waals surface area contributed by atoms with Crippen LogP contribution < -0.4 is 4.74 Å². The summed E-state index contributed by atoms with van der Waals surface area (Å²) in [6, 6.07) is 2.87. The number of carbonyl (C=O) groups is 1. The van der Waals surface area contributed by atoms with Gasteiger partial charge in [0.25, 0.3) is 0 Å². The van der Waals surface area contributed by atoms with Gasteiger partial charge in [0.2, 0.25) is 0 Å². The summed E-state index contributed by atoms with van der Waals surface area (Å²) in [5.41, 5.74) is -0.945. The van der Waals surface area contributed by atoms with Crippen molar-refractivity contribution in [1.29, 1.82) is 0 Å². The van der Waals surface area contributed by atoms with E-state index in [1.807, 2.05) is 0 Å². The number of hydrogen-bond donors (Lipinski definition) is 4. The maximum atomic E-state index is 12.7. The van der Waals surface area contributed by atoms with Crippen LogP contribution in [0.1, 0.15) is 41.8 Å². The molecule has 0 bridgehead atoms. The van der Waals surface area contributed by atoms with Gasteiger partial charge in [-0.05, 0) is 31.4 Å². The smallest absolute Gasteiger partial charge is 0.170 e. The van der Waals surface area contributed by atoms with Crippen LogP contribution in [0.2, 0.25) is 0 Å². The number of carbonyl (C=O) groups excluding carboxylic acids is 1. The molecule has 0 radical (unpaired) electrons. The molecule has 6 heteroatoms. The molecule has 1 aromatic rings. The number of benzene rings is 1. The lowest BCUT2D eigenvalue weighted by Gasteiger charge is -2.46. The lowest BCUT2D eigenvalue weighted by atomic mass is 9.62. The van der Waals surface area contributed by atoms with E-state index in [1.54, 1.807) is 0 Å². The number of ether oxygens (including phenoxy) is 1. The van der Waals surface area contributed by atoms with Gasteiger partial charge in [0.1, 0.15) is 11.5 Å². The number of methoxy groups -OCH3 is 1. The number of fused-ring (bicyclic) bond motifs is 2. The first-order valence-corrected chi connectivity index (χ1v) is 7.30. The van der Waals surface area contributed by atoms with Crippen molar-refractivity contribution in [3.63, 3.8) is 0 Å². The molecule has 0 spiro atoms. The molecule has 0 aliphatic heterocycles. The zero-order valence-electron chi connectivity index (χ0n) is 12.5. The van der Waals surface area contributed by atoms with Crippen LogP contribution in [0.25, 0.3) is 0 Å². The Kier molecular flexibility index (Phi) is 3.43. The van der Waals surface area contributed by atoms with E-state index in [4.69, 9.17) is 4.74 Å². The van der Waals surface area contributed by atoms with Crippen molar-refractivity contribution in [2.24, 2.45) is 11.8 Å². The minimum atomic E-state index is -1.35. The Labute approximate surface area is 128 Å². The second-order valence-corrected chi connectivity index (χ2v) is 6.50. The average molecular weight is 308 g/mol. The first-order valence-electron chi connectivity index (χ1n) is 7.30. The molecule has 0 heterocycles. The van der Waals surface area contributed by atoms with E-state index in [0.29, 0.717) is 11.3 Å². The third-order valence-corrected chi connectivity index (χ3v) is 5.03. The summed E-state index contributed by atoms with van der Waals surface area (Å²) >= 11 is 0. The quantitative estimate of drug-likeness (QED) is 0.610. The number of aromatic hydroxyl groups is 1. The van der Waals surface area contributed by atoms with Gasteiger partial charge in [-0.15, -0.1) is 0 Å². The number of aliphatic hydroxyl groups is 3. The van der Waals surface area contributed by atoms with E-state index in [1.165, 1.54) is 26.2 Å². The van der Waals surface area contributed by atoms with Crippen LogP contribution in [0, 0.1) is 11.8 Å². The van der Waals surface area contributed by atoms with Gasteiger partial charge >= 0.3 is 0 Å². The van der Waals surface area contributed by atoms with Gasteiger partial charge in [0.05, 0.1) is 30.5 Å². The number of aliphatic hydroxyl groups excluding tert-OH is 2. The summed E-state index contributed by atoms with van der Waals surface area (Å²) in [5, 5.41) is 41.0. The Morgan fingerprint density at radius 3 is 2.64 bits per heavy atom. The van der Waals surface area contributed by atoms with E-state index in [2.05, 4.69) is 0 Å². The van der Waals surface area contributed by atoms with Crippen molar-refractivity contribution >= 4 is 5.78 Å². The fourth-order valence-electron chi connectivity index (χ4n) is 3.72. The fourth-order valence-corrected chi connectivity index (χ4v) is 3.72. The average Bonchev–Trinajstić information content (AvgIpc) is 2.46. The number of hydrogen-bond acceptors (Lipinski definition) is 6. The molecule has 22 heavy (non-hydrogen) atoms. The maximum Gasteiger partial charge on any atom is 0.170 e. The monoisotopic (exact) mass is 308 g/mol. The predicted octanol–water partition coefficient (Wildman–Crippen LogP) is 0.769. The Morgan fingerprint density at radius 1 is 1.32 bits per heavy atom. The van der Waals surface area contributed by atoms with E-state index >= 15 is 0 Å². The first kappa shape index (κ1) is 15.3. The van der Waals surface area contributed by atoms with Crippen LogP contribution in [-0.2, 0) is 0 Å². The van der Waals surface area contributed by atoms with Crippen LogP contribution in [0.15, 0.2) is 12.1 Å². The van der Waals surface area contributed by atoms with Gasteiger partial charge in [0, 0.05) is 17.9 Å². The molecule has 2 unspecified atom stereocenters. The highest BCUT2D eigenvalue weighted by Crippen LogP contribution is 2.50. The molecule has 1 fully saturated rings. The van der Waals surface area contributed by atoms with Crippen LogP contribution in [0.4, 0.5) is 0 Å². The Bertz CT molecular complexity index is 623. The van der Waals surface area contributed by atoms with Gasteiger partial charge in [0.15, 0.2) is 5.78 Å². The lowest BCUT2D eigenvalue weighted by molar-refractivity contribution is -0.131. The number of phenolic OH excluding ortho intramolecular Hbond substituents is 1. The summed E-state index contributed by atoms with van der Waals surface area (Å²) in [5.74, 6) is -1.30. The third kappa shape index (κ3) is 2.10. The second kappa shape index (κ2) is 4.94. The zero-order chi connectivity index (χ0) is 16.2.